The molecule has 0 aliphatic heterocycles. The lowest BCUT2D eigenvalue weighted by molar-refractivity contribution is 0.627. The van der Waals surface area contributed by atoms with Crippen LogP contribution in [0.15, 0.2) is 42.5 Å². The van der Waals surface area contributed by atoms with Gasteiger partial charge >= 0.3 is 0 Å². The number of fused-ring (bicyclic) bond motifs is 1. The highest BCUT2D eigenvalue weighted by Crippen LogP contribution is 2.35. The van der Waals surface area contributed by atoms with Gasteiger partial charge in [0.05, 0.1) is 6.04 Å². The Labute approximate surface area is 111 Å². The molecule has 1 aliphatic rings. The quantitative estimate of drug-likeness (QED) is 0.834. The van der Waals surface area contributed by atoms with Crippen LogP contribution in [-0.4, -0.2) is 0 Å². The lowest BCUT2D eigenvalue weighted by Gasteiger charge is -2.15. The molecule has 1 aliphatic carbocycles. The number of hydrogen-bond acceptors (Lipinski definition) is 1. The SMILES string of the molecule is Fc1cccc(NC2CCc3cc(Cl)ccc32)c1. The summed E-state index contributed by atoms with van der Waals surface area (Å²) in [5, 5.41) is 4.15. The van der Waals surface area contributed by atoms with E-state index in [0.717, 1.165) is 23.6 Å². The molecule has 1 nitrogen and oxygen atoms in total. The van der Waals surface area contributed by atoms with Gasteiger partial charge < -0.3 is 5.32 Å². The van der Waals surface area contributed by atoms with Gasteiger partial charge in [0.2, 0.25) is 0 Å². The maximum Gasteiger partial charge on any atom is 0.125 e. The average molecular weight is 262 g/mol. The third-order valence-corrected chi connectivity index (χ3v) is 3.58. The van der Waals surface area contributed by atoms with E-state index in [4.69, 9.17) is 11.6 Å². The lowest BCUT2D eigenvalue weighted by atomic mass is 10.1. The van der Waals surface area contributed by atoms with Gasteiger partial charge in [0.1, 0.15) is 5.82 Å². The van der Waals surface area contributed by atoms with E-state index >= 15 is 0 Å². The number of benzene rings is 2. The van der Waals surface area contributed by atoms with Crippen molar-refractivity contribution in [2.24, 2.45) is 0 Å². The van der Waals surface area contributed by atoms with E-state index in [9.17, 15) is 4.39 Å². The minimum absolute atomic E-state index is 0.214. The van der Waals surface area contributed by atoms with E-state index in [0.29, 0.717) is 0 Å². The van der Waals surface area contributed by atoms with Crippen LogP contribution >= 0.6 is 11.6 Å². The molecule has 2 aromatic rings. The standard InChI is InChI=1S/C15H13ClFN/c16-11-5-6-14-10(8-11)4-7-15(14)18-13-3-1-2-12(17)9-13/h1-3,5-6,8-9,15,18H,4,7H2. The highest BCUT2D eigenvalue weighted by atomic mass is 35.5. The molecule has 0 heterocycles. The third kappa shape index (κ3) is 2.21. The van der Waals surface area contributed by atoms with Crippen molar-refractivity contribution in [1.29, 1.82) is 0 Å². The fourth-order valence-electron chi connectivity index (χ4n) is 2.52. The molecule has 2 aromatic carbocycles. The average Bonchev–Trinajstić information content (AvgIpc) is 2.72. The smallest absolute Gasteiger partial charge is 0.125 e. The van der Waals surface area contributed by atoms with Gasteiger partial charge in [0.25, 0.3) is 0 Å². The van der Waals surface area contributed by atoms with Crippen LogP contribution in [0.4, 0.5) is 10.1 Å². The molecule has 3 heteroatoms. The molecule has 0 saturated carbocycles. The Hall–Kier alpha value is -1.54. The highest BCUT2D eigenvalue weighted by molar-refractivity contribution is 6.30. The van der Waals surface area contributed by atoms with Gasteiger partial charge in [-0.25, -0.2) is 4.39 Å². The second kappa shape index (κ2) is 4.62. The van der Waals surface area contributed by atoms with Crippen LogP contribution in [-0.2, 0) is 6.42 Å². The normalized spacial score (nSPS) is 17.6. The molecule has 0 fully saturated rings. The summed E-state index contributed by atoms with van der Waals surface area (Å²) in [6.07, 6.45) is 2.04. The Morgan fingerprint density at radius 3 is 2.89 bits per heavy atom. The predicted molar refractivity (Wildman–Crippen MR) is 72.5 cm³/mol. The molecule has 0 aromatic heterocycles. The second-order valence-corrected chi connectivity index (χ2v) is 5.03. The van der Waals surface area contributed by atoms with Crippen molar-refractivity contribution in [2.75, 3.05) is 5.32 Å². The van der Waals surface area contributed by atoms with Gasteiger partial charge in [-0.15, -0.1) is 0 Å². The maximum atomic E-state index is 13.1. The Morgan fingerprint density at radius 1 is 1.17 bits per heavy atom. The molecule has 0 radical (unpaired) electrons. The first-order chi connectivity index (χ1) is 8.72. The molecular weight excluding hydrogens is 249 g/mol. The number of aryl methyl sites for hydroxylation is 1. The van der Waals surface area contributed by atoms with Crippen molar-refractivity contribution >= 4 is 17.3 Å². The van der Waals surface area contributed by atoms with Crippen LogP contribution in [0, 0.1) is 5.82 Å². The second-order valence-electron chi connectivity index (χ2n) is 4.59. The van der Waals surface area contributed by atoms with Crippen molar-refractivity contribution in [1.82, 2.24) is 0 Å². The van der Waals surface area contributed by atoms with Gasteiger partial charge in [-0.05, 0) is 54.3 Å². The summed E-state index contributed by atoms with van der Waals surface area (Å²) in [5.74, 6) is -0.214. The topological polar surface area (TPSA) is 12.0 Å². The molecule has 1 N–H and O–H groups in total. The zero-order valence-electron chi connectivity index (χ0n) is 9.79. The molecule has 0 saturated heterocycles. The van der Waals surface area contributed by atoms with Gasteiger partial charge in [0.15, 0.2) is 0 Å². The highest BCUT2D eigenvalue weighted by Gasteiger charge is 2.22. The first-order valence-corrected chi connectivity index (χ1v) is 6.40. The maximum absolute atomic E-state index is 13.1. The summed E-state index contributed by atoms with van der Waals surface area (Å²) in [6.45, 7) is 0. The van der Waals surface area contributed by atoms with E-state index < -0.39 is 0 Å². The molecule has 1 atom stereocenters. The number of halogens is 2. The predicted octanol–water partition coefficient (Wildman–Crippen LogP) is 4.58. The van der Waals surface area contributed by atoms with E-state index in [1.54, 1.807) is 6.07 Å². The first-order valence-electron chi connectivity index (χ1n) is 6.03. The minimum atomic E-state index is -0.214. The summed E-state index contributed by atoms with van der Waals surface area (Å²) in [7, 11) is 0. The van der Waals surface area contributed by atoms with Gasteiger partial charge in [0, 0.05) is 10.7 Å². The van der Waals surface area contributed by atoms with E-state index in [2.05, 4.69) is 11.4 Å². The van der Waals surface area contributed by atoms with Crippen molar-refractivity contribution in [3.05, 3.63) is 64.4 Å². The monoisotopic (exact) mass is 261 g/mol. The summed E-state index contributed by atoms with van der Waals surface area (Å²) in [4.78, 5) is 0. The first kappa shape index (κ1) is 11.5. The van der Waals surface area contributed by atoms with E-state index in [1.807, 2.05) is 18.2 Å². The molecule has 3 rings (SSSR count). The van der Waals surface area contributed by atoms with Gasteiger partial charge in [-0.2, -0.15) is 0 Å². The zero-order chi connectivity index (χ0) is 12.5. The van der Waals surface area contributed by atoms with Crippen LogP contribution in [0.1, 0.15) is 23.6 Å². The fraction of sp³-hybridized carbons (Fsp3) is 0.200. The van der Waals surface area contributed by atoms with E-state index in [-0.39, 0.29) is 11.9 Å². The molecule has 0 spiro atoms. The van der Waals surface area contributed by atoms with E-state index in [1.165, 1.54) is 23.3 Å². The third-order valence-electron chi connectivity index (χ3n) is 3.35. The molecule has 1 unspecified atom stereocenters. The fourth-order valence-corrected chi connectivity index (χ4v) is 2.71. The van der Waals surface area contributed by atoms with Crippen molar-refractivity contribution in [3.8, 4) is 0 Å². The van der Waals surface area contributed by atoms with Gasteiger partial charge in [-0.1, -0.05) is 23.7 Å². The molecular formula is C15H13ClFN. The molecule has 92 valence electrons. The lowest BCUT2D eigenvalue weighted by Crippen LogP contribution is -2.07. The minimum Gasteiger partial charge on any atom is -0.378 e. The van der Waals surface area contributed by atoms with Crippen molar-refractivity contribution in [3.63, 3.8) is 0 Å². The van der Waals surface area contributed by atoms with Crippen LogP contribution in [0.2, 0.25) is 5.02 Å². The number of hydrogen-bond donors (Lipinski definition) is 1. The number of rotatable bonds is 2. The summed E-state index contributed by atoms with van der Waals surface area (Å²) in [6, 6.07) is 12.8. The Morgan fingerprint density at radius 2 is 2.06 bits per heavy atom. The van der Waals surface area contributed by atoms with Crippen LogP contribution in [0.5, 0.6) is 0 Å². The van der Waals surface area contributed by atoms with Crippen LogP contribution < -0.4 is 5.32 Å². The Kier molecular flexibility index (Phi) is 2.96. The Bertz CT molecular complexity index is 582. The summed E-state index contributed by atoms with van der Waals surface area (Å²) < 4.78 is 13.1. The number of nitrogens with one attached hydrogen (secondary N) is 1. The van der Waals surface area contributed by atoms with Crippen LogP contribution in [0.25, 0.3) is 0 Å². The number of anilines is 1. The molecule has 0 amide bonds. The van der Waals surface area contributed by atoms with Crippen molar-refractivity contribution < 1.29 is 4.39 Å². The largest absolute Gasteiger partial charge is 0.378 e. The molecule has 18 heavy (non-hydrogen) atoms. The molecule has 0 bridgehead atoms. The Balaban J connectivity index is 1.85. The van der Waals surface area contributed by atoms with Gasteiger partial charge in [-0.3, -0.25) is 0 Å². The summed E-state index contributed by atoms with van der Waals surface area (Å²) >= 11 is 5.98. The zero-order valence-corrected chi connectivity index (χ0v) is 10.5. The van der Waals surface area contributed by atoms with Crippen molar-refractivity contribution in [2.45, 2.75) is 18.9 Å². The summed E-state index contributed by atoms with van der Waals surface area (Å²) in [5.41, 5.74) is 3.38. The van der Waals surface area contributed by atoms with Crippen LogP contribution in [0.3, 0.4) is 0 Å².